The summed E-state index contributed by atoms with van der Waals surface area (Å²) in [6.07, 6.45) is 6.55. The molecule has 36 heavy (non-hydrogen) atoms. The van der Waals surface area contributed by atoms with E-state index in [0.29, 0.717) is 12.3 Å². The van der Waals surface area contributed by atoms with Gasteiger partial charge in [-0.25, -0.2) is 0 Å². The molecule has 0 spiro atoms. The number of rotatable bonds is 11. The number of benzene rings is 2. The van der Waals surface area contributed by atoms with Crippen LogP contribution in [0.3, 0.4) is 0 Å². The molecule has 2 fully saturated rings. The number of carbonyl (C=O) groups is 2. The molecule has 3 N–H and O–H groups in total. The molecule has 194 valence electrons. The zero-order valence-corrected chi connectivity index (χ0v) is 22.7. The molecule has 1 aliphatic heterocycles. The second kappa shape index (κ2) is 14.0. The molecule has 1 saturated carbocycles. The molecular formula is C28H38N4O2S2. The van der Waals surface area contributed by atoms with Gasteiger partial charge >= 0.3 is 0 Å². The molecule has 4 rings (SSSR count). The lowest BCUT2D eigenvalue weighted by atomic mass is 9.91. The predicted molar refractivity (Wildman–Crippen MR) is 153 cm³/mol. The maximum Gasteiger partial charge on any atom is 0.243 e. The summed E-state index contributed by atoms with van der Waals surface area (Å²) in [7, 11) is 2.04. The average molecular weight is 527 g/mol. The van der Waals surface area contributed by atoms with E-state index in [0.717, 1.165) is 40.2 Å². The fourth-order valence-corrected chi connectivity index (χ4v) is 6.89. The van der Waals surface area contributed by atoms with E-state index in [-0.39, 0.29) is 17.9 Å². The van der Waals surface area contributed by atoms with Crippen LogP contribution in [0, 0.1) is 5.92 Å². The molecule has 0 aromatic heterocycles. The Bertz CT molecular complexity index is 961. The fraction of sp³-hybridized carbons (Fsp3) is 0.500. The Morgan fingerprint density at radius 1 is 1.06 bits per heavy atom. The van der Waals surface area contributed by atoms with E-state index in [1.54, 1.807) is 23.5 Å². The van der Waals surface area contributed by atoms with Crippen molar-refractivity contribution >= 4 is 46.7 Å². The first-order valence-corrected chi connectivity index (χ1v) is 15.3. The first-order valence-electron chi connectivity index (χ1n) is 12.9. The molecule has 2 atom stereocenters. The van der Waals surface area contributed by atoms with Crippen LogP contribution in [-0.2, 0) is 16.1 Å². The average Bonchev–Trinajstić information content (AvgIpc) is 3.47. The Hall–Kier alpha value is -2.16. The van der Waals surface area contributed by atoms with Gasteiger partial charge in [0.1, 0.15) is 6.04 Å². The number of anilines is 2. The van der Waals surface area contributed by atoms with Crippen molar-refractivity contribution in [3.63, 3.8) is 0 Å². The Balaban J connectivity index is 1.30. The highest BCUT2D eigenvalue weighted by atomic mass is 32.2. The van der Waals surface area contributed by atoms with Crippen LogP contribution < -0.4 is 20.9 Å². The van der Waals surface area contributed by atoms with E-state index < -0.39 is 6.04 Å². The smallest absolute Gasteiger partial charge is 0.243 e. The van der Waals surface area contributed by atoms with Gasteiger partial charge < -0.3 is 15.5 Å². The van der Waals surface area contributed by atoms with E-state index in [9.17, 15) is 9.59 Å². The highest BCUT2D eigenvalue weighted by Crippen LogP contribution is 2.27. The van der Waals surface area contributed by atoms with Crippen molar-refractivity contribution in [3.8, 4) is 0 Å². The lowest BCUT2D eigenvalue weighted by Gasteiger charge is -2.23. The summed E-state index contributed by atoms with van der Waals surface area (Å²) in [5.74, 6) is 3.74. The third-order valence-corrected chi connectivity index (χ3v) is 9.18. The predicted octanol–water partition coefficient (Wildman–Crippen LogP) is 4.53. The van der Waals surface area contributed by atoms with Crippen molar-refractivity contribution in [2.45, 2.75) is 50.7 Å². The van der Waals surface area contributed by atoms with E-state index >= 15 is 0 Å². The number of nitrogens with one attached hydrogen (secondary N) is 3. The third-order valence-electron chi connectivity index (χ3n) is 6.96. The quantitative estimate of drug-likeness (QED) is 0.400. The second-order valence-electron chi connectivity index (χ2n) is 9.65. The Kier molecular flexibility index (Phi) is 10.4. The molecule has 0 unspecified atom stereocenters. The Labute approximate surface area is 223 Å². The van der Waals surface area contributed by atoms with Crippen molar-refractivity contribution in [1.82, 2.24) is 16.0 Å². The first kappa shape index (κ1) is 26.9. The van der Waals surface area contributed by atoms with Gasteiger partial charge in [0, 0.05) is 42.3 Å². The summed E-state index contributed by atoms with van der Waals surface area (Å²) < 4.78 is 0. The minimum Gasteiger partial charge on any atom is -0.350 e. The van der Waals surface area contributed by atoms with Crippen molar-refractivity contribution in [2.75, 3.05) is 35.1 Å². The minimum absolute atomic E-state index is 0.0771. The van der Waals surface area contributed by atoms with Gasteiger partial charge in [0.15, 0.2) is 0 Å². The molecule has 2 aromatic carbocycles. The normalized spacial score (nSPS) is 19.0. The van der Waals surface area contributed by atoms with Gasteiger partial charge in [-0.3, -0.25) is 14.9 Å². The molecule has 6 nitrogen and oxygen atoms in total. The summed E-state index contributed by atoms with van der Waals surface area (Å²) >= 11 is 3.51. The molecule has 2 aliphatic rings. The fourth-order valence-electron chi connectivity index (χ4n) is 4.68. The molecule has 2 amide bonds. The van der Waals surface area contributed by atoms with Crippen LogP contribution in [0.5, 0.6) is 0 Å². The van der Waals surface area contributed by atoms with Gasteiger partial charge in [0.2, 0.25) is 11.8 Å². The zero-order chi connectivity index (χ0) is 25.2. The largest absolute Gasteiger partial charge is 0.350 e. The molecule has 8 heteroatoms. The standard InChI is InChI=1S/C28H38N4O2S2/c1-32(23-10-6-3-7-11-23)24-14-12-21(13-15-24)16-29-27(33)26(31-28(34)25-18-36-20-30-25)19-35-17-22-8-4-2-5-9-22/h3,6-7,10-15,22,25-26,30H,2,4-5,8-9,16-20H2,1H3,(H,29,33)(H,31,34)/t25-,26-/m0/s1. The Morgan fingerprint density at radius 3 is 2.47 bits per heavy atom. The van der Waals surface area contributed by atoms with Crippen LogP contribution in [0.4, 0.5) is 11.4 Å². The van der Waals surface area contributed by atoms with E-state index in [1.165, 1.54) is 32.1 Å². The van der Waals surface area contributed by atoms with Gasteiger partial charge in [0.05, 0.1) is 6.04 Å². The maximum atomic E-state index is 13.1. The number of thioether (sulfide) groups is 2. The topological polar surface area (TPSA) is 73.5 Å². The molecule has 2 aromatic rings. The summed E-state index contributed by atoms with van der Waals surface area (Å²) in [5, 5.41) is 9.28. The Morgan fingerprint density at radius 2 is 1.78 bits per heavy atom. The van der Waals surface area contributed by atoms with Gasteiger partial charge in [-0.2, -0.15) is 11.8 Å². The molecule has 1 aliphatic carbocycles. The summed E-state index contributed by atoms with van der Waals surface area (Å²) in [4.78, 5) is 28.0. The van der Waals surface area contributed by atoms with Crippen LogP contribution in [-0.4, -0.2) is 54.1 Å². The van der Waals surface area contributed by atoms with Crippen molar-refractivity contribution < 1.29 is 9.59 Å². The van der Waals surface area contributed by atoms with Crippen molar-refractivity contribution in [2.24, 2.45) is 5.92 Å². The van der Waals surface area contributed by atoms with Gasteiger partial charge in [-0.15, -0.1) is 11.8 Å². The molecular weight excluding hydrogens is 488 g/mol. The van der Waals surface area contributed by atoms with Gasteiger partial charge in [-0.1, -0.05) is 49.6 Å². The highest BCUT2D eigenvalue weighted by Gasteiger charge is 2.28. The summed E-state index contributed by atoms with van der Waals surface area (Å²) in [6, 6.07) is 17.7. The van der Waals surface area contributed by atoms with E-state index in [1.807, 2.05) is 37.4 Å². The van der Waals surface area contributed by atoms with E-state index in [2.05, 4.69) is 45.1 Å². The van der Waals surface area contributed by atoms with Crippen LogP contribution in [0.25, 0.3) is 0 Å². The lowest BCUT2D eigenvalue weighted by Crippen LogP contribution is -2.53. The minimum atomic E-state index is -0.526. The van der Waals surface area contributed by atoms with Crippen LogP contribution in [0.15, 0.2) is 54.6 Å². The third kappa shape index (κ3) is 7.92. The molecule has 1 saturated heterocycles. The molecule has 1 heterocycles. The highest BCUT2D eigenvalue weighted by molar-refractivity contribution is 7.99. The molecule has 0 bridgehead atoms. The van der Waals surface area contributed by atoms with Crippen molar-refractivity contribution in [3.05, 3.63) is 60.2 Å². The first-order chi connectivity index (χ1) is 17.6. The maximum absolute atomic E-state index is 13.1. The lowest BCUT2D eigenvalue weighted by molar-refractivity contribution is -0.129. The van der Waals surface area contributed by atoms with Crippen LogP contribution in [0.2, 0.25) is 0 Å². The zero-order valence-electron chi connectivity index (χ0n) is 21.1. The number of nitrogens with zero attached hydrogens (tertiary/aromatic N) is 1. The van der Waals surface area contributed by atoms with Crippen LogP contribution >= 0.6 is 23.5 Å². The number of amides is 2. The monoisotopic (exact) mass is 526 g/mol. The summed E-state index contributed by atoms with van der Waals surface area (Å²) in [5.41, 5.74) is 3.24. The SMILES string of the molecule is CN(c1ccccc1)c1ccc(CNC(=O)[C@H](CSCC2CCCCC2)NC(=O)[C@@H]2CSCN2)cc1. The molecule has 0 radical (unpaired) electrons. The van der Waals surface area contributed by atoms with Gasteiger partial charge in [-0.05, 0) is 54.3 Å². The number of hydrogen-bond acceptors (Lipinski definition) is 6. The second-order valence-corrected chi connectivity index (χ2v) is 11.8. The van der Waals surface area contributed by atoms with Crippen molar-refractivity contribution in [1.29, 1.82) is 0 Å². The number of carbonyl (C=O) groups excluding carboxylic acids is 2. The number of para-hydroxylation sites is 1. The van der Waals surface area contributed by atoms with Crippen LogP contribution in [0.1, 0.15) is 37.7 Å². The van der Waals surface area contributed by atoms with Gasteiger partial charge in [0.25, 0.3) is 0 Å². The summed E-state index contributed by atoms with van der Waals surface area (Å²) in [6.45, 7) is 0.436. The number of hydrogen-bond donors (Lipinski definition) is 3. The van der Waals surface area contributed by atoms with E-state index in [4.69, 9.17) is 0 Å².